The first-order valence-corrected chi connectivity index (χ1v) is 15.1. The van der Waals surface area contributed by atoms with Crippen LogP contribution in [0.2, 0.25) is 5.02 Å². The van der Waals surface area contributed by atoms with Gasteiger partial charge < -0.3 is 14.4 Å². The number of rotatable bonds is 4. The molecular formula is C30H29ClF2N8O2. The van der Waals surface area contributed by atoms with Crippen LogP contribution in [-0.4, -0.2) is 80.6 Å². The molecule has 0 unspecified atom stereocenters. The number of nitriles is 1. The van der Waals surface area contributed by atoms with E-state index in [1.807, 2.05) is 0 Å². The minimum Gasteiger partial charge on any atom is -0.475 e. The molecular weight excluding hydrogens is 578 g/mol. The number of pyridine rings is 1. The molecule has 43 heavy (non-hydrogen) atoms. The van der Waals surface area contributed by atoms with Crippen molar-refractivity contribution < 1.29 is 18.3 Å². The van der Waals surface area contributed by atoms with Crippen molar-refractivity contribution in [3.63, 3.8) is 0 Å². The van der Waals surface area contributed by atoms with Crippen LogP contribution >= 0.6 is 11.6 Å². The minimum absolute atomic E-state index is 0.0105. The monoisotopic (exact) mass is 606 g/mol. The van der Waals surface area contributed by atoms with Crippen molar-refractivity contribution in [3.05, 3.63) is 28.2 Å². The zero-order valence-electron chi connectivity index (χ0n) is 23.6. The Morgan fingerprint density at radius 2 is 2.12 bits per heavy atom. The van der Waals surface area contributed by atoms with Crippen LogP contribution in [0.3, 0.4) is 0 Å². The summed E-state index contributed by atoms with van der Waals surface area (Å²) in [6, 6.07) is 3.81. The summed E-state index contributed by atoms with van der Waals surface area (Å²) in [7, 11) is 0. The number of aromatic amines is 1. The maximum Gasteiger partial charge on any atom is 0.319 e. The number of aromatic nitrogens is 5. The van der Waals surface area contributed by atoms with E-state index in [1.165, 1.54) is 0 Å². The van der Waals surface area contributed by atoms with Gasteiger partial charge in [-0.1, -0.05) is 11.6 Å². The van der Waals surface area contributed by atoms with E-state index < -0.39 is 17.5 Å². The zero-order chi connectivity index (χ0) is 29.5. The van der Waals surface area contributed by atoms with Crippen molar-refractivity contribution in [2.75, 3.05) is 37.7 Å². The van der Waals surface area contributed by atoms with Crippen molar-refractivity contribution >= 4 is 39.2 Å². The fourth-order valence-electron chi connectivity index (χ4n) is 7.55. The number of anilines is 1. The molecule has 3 aromatic heterocycles. The zero-order valence-corrected chi connectivity index (χ0v) is 24.3. The SMILES string of the molecule is Cc1c(Cl)cc2[nH]nc(C#N)c2c1-c1nc2c3c(nc(OC[C@@]45CCCN4C[C@H](F)C5)nc3c1F)N1CCCC[C@H]1CO2. The second kappa shape index (κ2) is 9.86. The van der Waals surface area contributed by atoms with Gasteiger partial charge in [0.05, 0.1) is 17.1 Å². The molecule has 0 bridgehead atoms. The summed E-state index contributed by atoms with van der Waals surface area (Å²) in [4.78, 5) is 18.5. The van der Waals surface area contributed by atoms with Crippen LogP contribution in [0.4, 0.5) is 14.6 Å². The first-order valence-electron chi connectivity index (χ1n) is 14.8. The average molecular weight is 607 g/mol. The molecule has 3 atom stereocenters. The molecule has 0 saturated carbocycles. The Morgan fingerprint density at radius 3 is 2.98 bits per heavy atom. The van der Waals surface area contributed by atoms with E-state index in [0.717, 1.165) is 45.2 Å². The number of hydrogen-bond acceptors (Lipinski definition) is 9. The van der Waals surface area contributed by atoms with Crippen molar-refractivity contribution in [1.82, 2.24) is 30.0 Å². The lowest BCUT2D eigenvalue weighted by Gasteiger charge is -2.35. The van der Waals surface area contributed by atoms with Crippen molar-refractivity contribution in [3.8, 4) is 29.2 Å². The van der Waals surface area contributed by atoms with Crippen LogP contribution in [0.25, 0.3) is 33.1 Å². The maximum absolute atomic E-state index is 16.9. The van der Waals surface area contributed by atoms with Gasteiger partial charge in [0.15, 0.2) is 11.5 Å². The van der Waals surface area contributed by atoms with Gasteiger partial charge in [-0.05, 0) is 57.2 Å². The second-order valence-electron chi connectivity index (χ2n) is 12.1. The summed E-state index contributed by atoms with van der Waals surface area (Å²) in [5.74, 6) is 0.0432. The Bertz CT molecular complexity index is 1840. The molecule has 0 amide bonds. The third-order valence-corrected chi connectivity index (χ3v) is 10.0. The molecule has 4 aliphatic rings. The number of benzene rings is 1. The van der Waals surface area contributed by atoms with Crippen molar-refractivity contribution in [2.24, 2.45) is 0 Å². The highest BCUT2D eigenvalue weighted by molar-refractivity contribution is 6.33. The van der Waals surface area contributed by atoms with Crippen LogP contribution in [0.1, 0.15) is 49.8 Å². The summed E-state index contributed by atoms with van der Waals surface area (Å²) < 4.78 is 43.9. The third-order valence-electron chi connectivity index (χ3n) is 9.65. The number of halogens is 3. The lowest BCUT2D eigenvalue weighted by Crippen LogP contribution is -2.44. The molecule has 8 rings (SSSR count). The number of hydrogen-bond donors (Lipinski definition) is 1. The van der Waals surface area contributed by atoms with Crippen LogP contribution in [0.15, 0.2) is 6.07 Å². The average Bonchev–Trinajstić information content (AvgIpc) is 3.65. The van der Waals surface area contributed by atoms with Gasteiger partial charge in [0, 0.05) is 35.5 Å². The standard InChI is InChI=1S/C30H29ClF2N8O2/c1-15-18(31)9-19-22(20(11-34)39-38-19)21(15)25-24(33)26-23-27(41-8-3-2-5-17(41)13-42-28(23)35-25)37-29(36-26)43-14-30-6-4-7-40(30)12-16(32)10-30/h9,16-17H,2-8,10,12-14H2,1H3,(H,38,39)/t16-,17+,30+/m1/s1. The number of fused-ring (bicyclic) bond motifs is 4. The Balaban J connectivity index is 1.33. The lowest BCUT2D eigenvalue weighted by atomic mass is 9.95. The number of nitrogens with one attached hydrogen (secondary N) is 1. The van der Waals surface area contributed by atoms with Crippen LogP contribution in [0, 0.1) is 24.1 Å². The van der Waals surface area contributed by atoms with Gasteiger partial charge in [0.1, 0.15) is 47.9 Å². The normalized spacial score (nSPS) is 25.0. The fraction of sp³-hybridized carbons (Fsp3) is 0.500. The van der Waals surface area contributed by atoms with E-state index in [1.54, 1.807) is 13.0 Å². The van der Waals surface area contributed by atoms with Crippen LogP contribution in [0.5, 0.6) is 11.9 Å². The second-order valence-corrected chi connectivity index (χ2v) is 12.5. The van der Waals surface area contributed by atoms with E-state index in [2.05, 4.69) is 31.1 Å². The number of ether oxygens (including phenoxy) is 2. The van der Waals surface area contributed by atoms with E-state index >= 15 is 4.39 Å². The number of nitrogens with zero attached hydrogens (tertiary/aromatic N) is 7. The molecule has 7 heterocycles. The molecule has 0 radical (unpaired) electrons. The molecule has 1 N–H and O–H groups in total. The molecule has 1 aromatic carbocycles. The molecule has 10 nitrogen and oxygen atoms in total. The molecule has 3 fully saturated rings. The van der Waals surface area contributed by atoms with Crippen molar-refractivity contribution in [1.29, 1.82) is 5.26 Å². The third kappa shape index (κ3) is 4.04. The maximum atomic E-state index is 16.9. The van der Waals surface area contributed by atoms with Gasteiger partial charge in [0.2, 0.25) is 5.88 Å². The lowest BCUT2D eigenvalue weighted by molar-refractivity contribution is 0.107. The molecule has 0 spiro atoms. The predicted octanol–water partition coefficient (Wildman–Crippen LogP) is 5.25. The van der Waals surface area contributed by atoms with E-state index in [0.29, 0.717) is 57.8 Å². The fourth-order valence-corrected chi connectivity index (χ4v) is 7.76. The highest BCUT2D eigenvalue weighted by atomic mass is 35.5. The Hall–Kier alpha value is -3.82. The van der Waals surface area contributed by atoms with E-state index in [4.69, 9.17) is 31.0 Å². The molecule has 0 aliphatic carbocycles. The van der Waals surface area contributed by atoms with Gasteiger partial charge in [-0.3, -0.25) is 10.00 Å². The van der Waals surface area contributed by atoms with E-state index in [-0.39, 0.29) is 41.4 Å². The number of alkyl halides is 1. The summed E-state index contributed by atoms with van der Waals surface area (Å²) in [5, 5.41) is 17.9. The highest BCUT2D eigenvalue weighted by Crippen LogP contribution is 2.45. The predicted molar refractivity (Wildman–Crippen MR) is 156 cm³/mol. The molecule has 222 valence electrons. The summed E-state index contributed by atoms with van der Waals surface area (Å²) in [6.45, 7) is 4.30. The molecule has 4 aromatic rings. The molecule has 3 saturated heterocycles. The van der Waals surface area contributed by atoms with Gasteiger partial charge in [-0.25, -0.2) is 13.8 Å². The van der Waals surface area contributed by atoms with Gasteiger partial charge in [-0.2, -0.15) is 20.3 Å². The topological polar surface area (TPSA) is 116 Å². The van der Waals surface area contributed by atoms with Gasteiger partial charge in [-0.15, -0.1) is 0 Å². The molecule has 4 aliphatic heterocycles. The van der Waals surface area contributed by atoms with Crippen molar-refractivity contribution in [2.45, 2.75) is 63.2 Å². The summed E-state index contributed by atoms with van der Waals surface area (Å²) >= 11 is 6.57. The highest BCUT2D eigenvalue weighted by Gasteiger charge is 2.49. The van der Waals surface area contributed by atoms with Gasteiger partial charge >= 0.3 is 6.01 Å². The first-order chi connectivity index (χ1) is 20.9. The quantitative estimate of drug-likeness (QED) is 0.333. The molecule has 13 heteroatoms. The largest absolute Gasteiger partial charge is 0.475 e. The Kier molecular flexibility index (Phi) is 6.14. The number of piperidine rings is 1. The van der Waals surface area contributed by atoms with Crippen LogP contribution in [-0.2, 0) is 0 Å². The Morgan fingerprint density at radius 1 is 1.23 bits per heavy atom. The summed E-state index contributed by atoms with van der Waals surface area (Å²) in [6.07, 6.45) is 4.22. The van der Waals surface area contributed by atoms with Crippen LogP contribution < -0.4 is 14.4 Å². The smallest absolute Gasteiger partial charge is 0.319 e. The van der Waals surface area contributed by atoms with E-state index in [9.17, 15) is 9.65 Å². The first kappa shape index (κ1) is 26.8. The minimum atomic E-state index is -0.898. The Labute approximate surface area is 250 Å². The number of H-pyrrole nitrogens is 1. The summed E-state index contributed by atoms with van der Waals surface area (Å²) in [5.41, 5.74) is 1.04. The van der Waals surface area contributed by atoms with Gasteiger partial charge in [0.25, 0.3) is 0 Å².